The molecule has 1 saturated carbocycles. The van der Waals surface area contributed by atoms with Crippen LogP contribution in [0.15, 0.2) is 0 Å². The largest absolute Gasteiger partial charge is 0.480 e. The van der Waals surface area contributed by atoms with Crippen molar-refractivity contribution in [3.63, 3.8) is 0 Å². The maximum atomic E-state index is 12.7. The molecule has 0 aromatic heterocycles. The van der Waals surface area contributed by atoms with Crippen molar-refractivity contribution in [1.29, 1.82) is 0 Å². The summed E-state index contributed by atoms with van der Waals surface area (Å²) in [4.78, 5) is 50.3. The zero-order valence-corrected chi connectivity index (χ0v) is 15.1. The van der Waals surface area contributed by atoms with Gasteiger partial charge in [-0.3, -0.25) is 9.59 Å². The summed E-state index contributed by atoms with van der Waals surface area (Å²) in [6.07, 6.45) is 4.39. The number of morpholine rings is 1. The van der Waals surface area contributed by atoms with Crippen molar-refractivity contribution in [1.82, 2.24) is 9.80 Å². The van der Waals surface area contributed by atoms with Crippen molar-refractivity contribution in [3.05, 3.63) is 0 Å². The number of aliphatic carboxylic acids is 1. The lowest BCUT2D eigenvalue weighted by atomic mass is 10.0. The normalized spacial score (nSPS) is 19.2. The highest BCUT2D eigenvalue weighted by Crippen LogP contribution is 2.27. The van der Waals surface area contributed by atoms with E-state index in [1.54, 1.807) is 4.90 Å². The quantitative estimate of drug-likeness (QED) is 0.601. The van der Waals surface area contributed by atoms with Gasteiger partial charge in [0, 0.05) is 38.9 Å². The molecule has 0 aromatic carbocycles. The molecule has 26 heavy (non-hydrogen) atoms. The Kier molecular flexibility index (Phi) is 8.03. The Morgan fingerprint density at radius 3 is 2.38 bits per heavy atom. The van der Waals surface area contributed by atoms with Crippen molar-refractivity contribution < 1.29 is 29.0 Å². The minimum Gasteiger partial charge on any atom is -0.480 e. The monoisotopic (exact) mass is 368 g/mol. The van der Waals surface area contributed by atoms with Gasteiger partial charge in [0.2, 0.25) is 11.8 Å². The number of aldehydes is 1. The van der Waals surface area contributed by atoms with Crippen molar-refractivity contribution >= 4 is 24.1 Å². The van der Waals surface area contributed by atoms with Crippen LogP contribution in [0.2, 0.25) is 0 Å². The first-order valence-electron chi connectivity index (χ1n) is 9.34. The van der Waals surface area contributed by atoms with Crippen LogP contribution >= 0.6 is 0 Å². The lowest BCUT2D eigenvalue weighted by molar-refractivity contribution is -0.152. The molecule has 8 nitrogen and oxygen atoms in total. The second-order valence-corrected chi connectivity index (χ2v) is 6.95. The first kappa shape index (κ1) is 20.4. The number of hydrogen-bond donors (Lipinski definition) is 1. The minimum atomic E-state index is -1.18. The number of rotatable bonds is 9. The molecule has 1 unspecified atom stereocenters. The van der Waals surface area contributed by atoms with E-state index in [-0.39, 0.29) is 37.0 Å². The molecule has 1 aliphatic carbocycles. The third-order valence-electron chi connectivity index (χ3n) is 5.15. The third kappa shape index (κ3) is 5.79. The van der Waals surface area contributed by atoms with Crippen LogP contribution in [0.25, 0.3) is 0 Å². The Labute approximate surface area is 153 Å². The summed E-state index contributed by atoms with van der Waals surface area (Å²) >= 11 is 0. The molecule has 2 aliphatic rings. The van der Waals surface area contributed by atoms with Gasteiger partial charge in [0.05, 0.1) is 13.2 Å². The minimum absolute atomic E-state index is 0.0362. The molecule has 0 bridgehead atoms. The van der Waals surface area contributed by atoms with Crippen LogP contribution in [0.1, 0.15) is 44.9 Å². The van der Waals surface area contributed by atoms with Gasteiger partial charge < -0.3 is 24.4 Å². The number of nitrogens with zero attached hydrogens (tertiary/aromatic N) is 2. The first-order chi connectivity index (χ1) is 12.5. The average Bonchev–Trinajstić information content (AvgIpc) is 3.16. The summed E-state index contributed by atoms with van der Waals surface area (Å²) in [6, 6.07) is -1.15. The SMILES string of the molecule is O=CCC(C(=O)O)N(CC1CCCC1)C(=O)CCC(=O)N1CCOCC1. The molecule has 0 spiro atoms. The lowest BCUT2D eigenvalue weighted by Crippen LogP contribution is -2.48. The maximum Gasteiger partial charge on any atom is 0.326 e. The van der Waals surface area contributed by atoms with Crippen LogP contribution in [-0.2, 0) is 23.9 Å². The van der Waals surface area contributed by atoms with Gasteiger partial charge >= 0.3 is 5.97 Å². The fourth-order valence-corrected chi connectivity index (χ4v) is 3.65. The van der Waals surface area contributed by atoms with Gasteiger partial charge in [-0.1, -0.05) is 12.8 Å². The van der Waals surface area contributed by atoms with Gasteiger partial charge in [-0.2, -0.15) is 0 Å². The van der Waals surface area contributed by atoms with Crippen LogP contribution in [0.3, 0.4) is 0 Å². The molecule has 1 saturated heterocycles. The van der Waals surface area contributed by atoms with E-state index < -0.39 is 12.0 Å². The summed E-state index contributed by atoms with van der Waals surface area (Å²) in [5, 5.41) is 9.44. The van der Waals surface area contributed by atoms with E-state index in [2.05, 4.69) is 0 Å². The van der Waals surface area contributed by atoms with Gasteiger partial charge in [-0.15, -0.1) is 0 Å². The Morgan fingerprint density at radius 2 is 1.81 bits per heavy atom. The second kappa shape index (κ2) is 10.3. The average molecular weight is 368 g/mol. The molecule has 2 amide bonds. The maximum absolute atomic E-state index is 12.7. The van der Waals surface area contributed by atoms with Gasteiger partial charge in [0.25, 0.3) is 0 Å². The Morgan fingerprint density at radius 1 is 1.15 bits per heavy atom. The molecule has 146 valence electrons. The summed E-state index contributed by atoms with van der Waals surface area (Å²) in [6.45, 7) is 2.36. The number of carboxylic acid groups (broad SMARTS) is 1. The standard InChI is InChI=1S/C18H28N2O6/c21-10-7-15(18(24)25)20(13-14-3-1-2-4-14)17(23)6-5-16(22)19-8-11-26-12-9-19/h10,14-15H,1-9,11-13H2,(H,24,25). The Bertz CT molecular complexity index is 512. The van der Waals surface area contributed by atoms with Crippen LogP contribution in [0.5, 0.6) is 0 Å². The smallest absolute Gasteiger partial charge is 0.326 e. The highest BCUT2D eigenvalue weighted by molar-refractivity contribution is 5.88. The van der Waals surface area contributed by atoms with Crippen LogP contribution in [0.4, 0.5) is 0 Å². The van der Waals surface area contributed by atoms with E-state index in [9.17, 15) is 24.3 Å². The van der Waals surface area contributed by atoms with Crippen molar-refractivity contribution in [3.8, 4) is 0 Å². The van der Waals surface area contributed by atoms with Crippen LogP contribution in [-0.4, -0.2) is 77.9 Å². The first-order valence-corrected chi connectivity index (χ1v) is 9.34. The number of amides is 2. The van der Waals surface area contributed by atoms with E-state index in [0.29, 0.717) is 39.1 Å². The molecular weight excluding hydrogens is 340 g/mol. The van der Waals surface area contributed by atoms with E-state index in [1.165, 1.54) is 4.90 Å². The Hall–Kier alpha value is -1.96. The molecule has 1 N–H and O–H groups in total. The summed E-state index contributed by atoms with van der Waals surface area (Å²) in [7, 11) is 0. The molecular formula is C18H28N2O6. The molecule has 8 heteroatoms. The van der Waals surface area contributed by atoms with Gasteiger partial charge in [-0.25, -0.2) is 4.79 Å². The van der Waals surface area contributed by atoms with E-state index in [1.807, 2.05) is 0 Å². The van der Waals surface area contributed by atoms with Crippen molar-refractivity contribution in [2.24, 2.45) is 5.92 Å². The van der Waals surface area contributed by atoms with Crippen molar-refractivity contribution in [2.75, 3.05) is 32.8 Å². The van der Waals surface area contributed by atoms with E-state index in [0.717, 1.165) is 25.7 Å². The second-order valence-electron chi connectivity index (χ2n) is 6.95. The predicted molar refractivity (Wildman–Crippen MR) is 92.4 cm³/mol. The van der Waals surface area contributed by atoms with Gasteiger partial charge in [0.1, 0.15) is 12.3 Å². The third-order valence-corrected chi connectivity index (χ3v) is 5.15. The summed E-state index contributed by atoms with van der Waals surface area (Å²) in [5.74, 6) is -1.40. The van der Waals surface area contributed by atoms with E-state index >= 15 is 0 Å². The molecule has 2 rings (SSSR count). The van der Waals surface area contributed by atoms with E-state index in [4.69, 9.17) is 4.74 Å². The highest BCUT2D eigenvalue weighted by Gasteiger charge is 2.32. The van der Waals surface area contributed by atoms with Crippen LogP contribution < -0.4 is 0 Å². The topological polar surface area (TPSA) is 104 Å². The fraction of sp³-hybridized carbons (Fsp3) is 0.778. The Balaban J connectivity index is 1.97. The fourth-order valence-electron chi connectivity index (χ4n) is 3.65. The number of hydrogen-bond acceptors (Lipinski definition) is 5. The van der Waals surface area contributed by atoms with Gasteiger partial charge in [0.15, 0.2) is 0 Å². The predicted octanol–water partition coefficient (Wildman–Crippen LogP) is 0.686. The van der Waals surface area contributed by atoms with Gasteiger partial charge in [-0.05, 0) is 18.8 Å². The molecule has 0 radical (unpaired) electrons. The summed E-state index contributed by atoms with van der Waals surface area (Å²) in [5.41, 5.74) is 0. The molecule has 1 aliphatic heterocycles. The molecule has 1 heterocycles. The molecule has 0 aromatic rings. The zero-order chi connectivity index (χ0) is 18.9. The molecule has 1 atom stereocenters. The number of carbonyl (C=O) groups excluding carboxylic acids is 3. The number of ether oxygens (including phenoxy) is 1. The number of carbonyl (C=O) groups is 4. The van der Waals surface area contributed by atoms with Crippen LogP contribution in [0, 0.1) is 5.92 Å². The highest BCUT2D eigenvalue weighted by atomic mass is 16.5. The zero-order valence-electron chi connectivity index (χ0n) is 15.1. The van der Waals surface area contributed by atoms with Crippen molar-refractivity contribution in [2.45, 2.75) is 51.0 Å². The molecule has 2 fully saturated rings. The lowest BCUT2D eigenvalue weighted by Gasteiger charge is -2.31. The summed E-state index contributed by atoms with van der Waals surface area (Å²) < 4.78 is 5.21. The number of carboxylic acids is 1.